The fourth-order valence-electron chi connectivity index (χ4n) is 2.30. The van der Waals surface area contributed by atoms with E-state index in [0.29, 0.717) is 0 Å². The monoisotopic (exact) mass is 122 g/mol. The Hall–Kier alpha value is -0.260. The van der Waals surface area contributed by atoms with Crippen molar-refractivity contribution in [3.05, 3.63) is 11.6 Å². The Morgan fingerprint density at radius 3 is 3.00 bits per heavy atom. The molecule has 0 radical (unpaired) electrons. The Kier molecular flexibility index (Phi) is 1.14. The SMILES string of the molecule is CC1=CC2CCCC1C2. The first-order chi connectivity index (χ1) is 4.36. The van der Waals surface area contributed by atoms with Crippen LogP contribution < -0.4 is 0 Å². The molecule has 0 amide bonds. The molecule has 2 atom stereocenters. The minimum absolute atomic E-state index is 0.976. The maximum Gasteiger partial charge on any atom is -0.0200 e. The zero-order valence-electron chi connectivity index (χ0n) is 6.06. The summed E-state index contributed by atoms with van der Waals surface area (Å²) in [5.74, 6) is 1.97. The van der Waals surface area contributed by atoms with Gasteiger partial charge in [-0.05, 0) is 38.0 Å². The number of hydrogen-bond acceptors (Lipinski definition) is 0. The molecule has 0 spiro atoms. The van der Waals surface area contributed by atoms with Crippen LogP contribution in [0.2, 0.25) is 0 Å². The third-order valence-corrected chi connectivity index (χ3v) is 2.86. The van der Waals surface area contributed by atoms with E-state index in [0.717, 1.165) is 11.8 Å². The number of rotatable bonds is 0. The lowest BCUT2D eigenvalue weighted by Gasteiger charge is -2.19. The molecule has 0 aromatic carbocycles. The number of allylic oxidation sites excluding steroid dienone is 2. The van der Waals surface area contributed by atoms with Crippen molar-refractivity contribution in [3.63, 3.8) is 0 Å². The second kappa shape index (κ2) is 1.86. The zero-order chi connectivity index (χ0) is 6.27. The highest BCUT2D eigenvalue weighted by atomic mass is 14.3. The van der Waals surface area contributed by atoms with Crippen molar-refractivity contribution in [1.29, 1.82) is 0 Å². The molecule has 2 rings (SSSR count). The molecule has 9 heavy (non-hydrogen) atoms. The van der Waals surface area contributed by atoms with Crippen LogP contribution in [0.1, 0.15) is 32.6 Å². The second-order valence-corrected chi connectivity index (χ2v) is 3.53. The van der Waals surface area contributed by atoms with Crippen molar-refractivity contribution in [1.82, 2.24) is 0 Å². The molecule has 0 nitrogen and oxygen atoms in total. The summed E-state index contributed by atoms with van der Waals surface area (Å²) in [7, 11) is 0. The Morgan fingerprint density at radius 2 is 2.33 bits per heavy atom. The first-order valence-corrected chi connectivity index (χ1v) is 4.04. The van der Waals surface area contributed by atoms with Crippen LogP contribution in [0.5, 0.6) is 0 Å². The number of hydrogen-bond donors (Lipinski definition) is 0. The van der Waals surface area contributed by atoms with Crippen molar-refractivity contribution in [2.45, 2.75) is 32.6 Å². The summed E-state index contributed by atoms with van der Waals surface area (Å²) in [6, 6.07) is 0. The molecule has 50 valence electrons. The van der Waals surface area contributed by atoms with Crippen molar-refractivity contribution < 1.29 is 0 Å². The Labute approximate surface area is 57.0 Å². The summed E-state index contributed by atoms with van der Waals surface area (Å²) < 4.78 is 0. The van der Waals surface area contributed by atoms with Crippen molar-refractivity contribution in [3.8, 4) is 0 Å². The highest BCUT2D eigenvalue weighted by Gasteiger charge is 2.27. The summed E-state index contributed by atoms with van der Waals surface area (Å²) in [5.41, 5.74) is 1.68. The second-order valence-electron chi connectivity index (χ2n) is 3.53. The summed E-state index contributed by atoms with van der Waals surface area (Å²) in [4.78, 5) is 0. The Balaban J connectivity index is 2.19. The highest BCUT2D eigenvalue weighted by Crippen LogP contribution is 2.40. The minimum atomic E-state index is 0.976. The van der Waals surface area contributed by atoms with E-state index in [-0.39, 0.29) is 0 Å². The molecule has 2 unspecified atom stereocenters. The Bertz CT molecular complexity index is 144. The van der Waals surface area contributed by atoms with Crippen LogP contribution >= 0.6 is 0 Å². The third kappa shape index (κ3) is 0.810. The topological polar surface area (TPSA) is 0 Å². The Morgan fingerprint density at radius 1 is 1.44 bits per heavy atom. The third-order valence-electron chi connectivity index (χ3n) is 2.86. The van der Waals surface area contributed by atoms with Gasteiger partial charge in [-0.1, -0.05) is 18.1 Å². The van der Waals surface area contributed by atoms with Gasteiger partial charge in [-0.3, -0.25) is 0 Å². The highest BCUT2D eigenvalue weighted by molar-refractivity contribution is 5.14. The summed E-state index contributed by atoms with van der Waals surface area (Å²) in [6.45, 7) is 2.30. The maximum atomic E-state index is 2.50. The van der Waals surface area contributed by atoms with Crippen LogP contribution in [0.25, 0.3) is 0 Å². The summed E-state index contributed by atoms with van der Waals surface area (Å²) >= 11 is 0. The van der Waals surface area contributed by atoms with E-state index >= 15 is 0 Å². The van der Waals surface area contributed by atoms with E-state index in [2.05, 4.69) is 13.0 Å². The van der Waals surface area contributed by atoms with Crippen molar-refractivity contribution in [2.75, 3.05) is 0 Å². The largest absolute Gasteiger partial charge is 0.0822 e. The van der Waals surface area contributed by atoms with Gasteiger partial charge < -0.3 is 0 Å². The molecule has 1 fully saturated rings. The van der Waals surface area contributed by atoms with Gasteiger partial charge in [0.15, 0.2) is 0 Å². The van der Waals surface area contributed by atoms with Gasteiger partial charge in [0.05, 0.1) is 0 Å². The van der Waals surface area contributed by atoms with E-state index in [9.17, 15) is 0 Å². The van der Waals surface area contributed by atoms with Gasteiger partial charge in [0, 0.05) is 0 Å². The smallest absolute Gasteiger partial charge is 0.0200 e. The van der Waals surface area contributed by atoms with Gasteiger partial charge in [-0.15, -0.1) is 0 Å². The molecule has 2 aliphatic carbocycles. The molecule has 0 aliphatic heterocycles. The van der Waals surface area contributed by atoms with E-state index in [4.69, 9.17) is 0 Å². The molecular formula is C9H14. The van der Waals surface area contributed by atoms with Gasteiger partial charge in [0.25, 0.3) is 0 Å². The molecule has 0 heteroatoms. The first-order valence-electron chi connectivity index (χ1n) is 4.04. The molecule has 0 N–H and O–H groups in total. The lowest BCUT2D eigenvalue weighted by atomic mass is 9.86. The van der Waals surface area contributed by atoms with Crippen LogP contribution in [0.3, 0.4) is 0 Å². The van der Waals surface area contributed by atoms with E-state index in [1.165, 1.54) is 25.7 Å². The zero-order valence-corrected chi connectivity index (χ0v) is 6.06. The van der Waals surface area contributed by atoms with E-state index < -0.39 is 0 Å². The summed E-state index contributed by atoms with van der Waals surface area (Å²) in [6.07, 6.45) is 8.39. The fourth-order valence-corrected chi connectivity index (χ4v) is 2.30. The first kappa shape index (κ1) is 5.52. The molecule has 1 saturated carbocycles. The van der Waals surface area contributed by atoms with Gasteiger partial charge >= 0.3 is 0 Å². The normalized spacial score (nSPS) is 40.8. The minimum Gasteiger partial charge on any atom is -0.0822 e. The van der Waals surface area contributed by atoms with Crippen LogP contribution in [-0.2, 0) is 0 Å². The standard InChI is InChI=1S/C9H14/c1-7-5-8-3-2-4-9(7)6-8/h5,8-9H,2-4,6H2,1H3. The van der Waals surface area contributed by atoms with Crippen LogP contribution in [0.15, 0.2) is 11.6 Å². The molecule has 0 aromatic heterocycles. The van der Waals surface area contributed by atoms with Crippen molar-refractivity contribution >= 4 is 0 Å². The molecule has 2 bridgehead atoms. The van der Waals surface area contributed by atoms with Gasteiger partial charge in [0.2, 0.25) is 0 Å². The predicted octanol–water partition coefficient (Wildman–Crippen LogP) is 2.75. The van der Waals surface area contributed by atoms with Crippen molar-refractivity contribution in [2.24, 2.45) is 11.8 Å². The quantitative estimate of drug-likeness (QED) is 0.433. The predicted molar refractivity (Wildman–Crippen MR) is 39.2 cm³/mol. The maximum absolute atomic E-state index is 2.50. The molecule has 0 heterocycles. The fraction of sp³-hybridized carbons (Fsp3) is 0.778. The molecular weight excluding hydrogens is 108 g/mol. The van der Waals surface area contributed by atoms with Gasteiger partial charge in [-0.25, -0.2) is 0 Å². The molecule has 0 saturated heterocycles. The van der Waals surface area contributed by atoms with E-state index in [1.54, 1.807) is 5.57 Å². The summed E-state index contributed by atoms with van der Waals surface area (Å²) in [5, 5.41) is 0. The average Bonchev–Trinajstić information content (AvgIpc) is 2.09. The lowest BCUT2D eigenvalue weighted by Crippen LogP contribution is -2.06. The average molecular weight is 122 g/mol. The van der Waals surface area contributed by atoms with Crippen LogP contribution in [-0.4, -0.2) is 0 Å². The molecule has 0 aromatic rings. The van der Waals surface area contributed by atoms with Gasteiger partial charge in [0.1, 0.15) is 0 Å². The lowest BCUT2D eigenvalue weighted by molar-refractivity contribution is 0.375. The molecule has 2 aliphatic rings. The van der Waals surface area contributed by atoms with E-state index in [1.807, 2.05) is 0 Å². The van der Waals surface area contributed by atoms with Gasteiger partial charge in [-0.2, -0.15) is 0 Å². The van der Waals surface area contributed by atoms with Crippen LogP contribution in [0.4, 0.5) is 0 Å². The van der Waals surface area contributed by atoms with Crippen LogP contribution in [0, 0.1) is 11.8 Å². The number of fused-ring (bicyclic) bond motifs is 2.